The largest absolute Gasteiger partial charge is 0.400 e. The number of hydrogen-bond donors (Lipinski definition) is 3. The summed E-state index contributed by atoms with van der Waals surface area (Å²) in [5, 5.41) is 10.3. The van der Waals surface area contributed by atoms with E-state index in [9.17, 15) is 9.18 Å². The smallest absolute Gasteiger partial charge is 0.254 e. The molecule has 2 aromatic carbocycles. The van der Waals surface area contributed by atoms with Crippen molar-refractivity contribution in [1.29, 1.82) is 0 Å². The van der Waals surface area contributed by atoms with E-state index in [1.54, 1.807) is 30.5 Å². The predicted octanol–water partition coefficient (Wildman–Crippen LogP) is 5.10. The minimum Gasteiger partial charge on any atom is -0.400 e. The van der Waals surface area contributed by atoms with Gasteiger partial charge in [-0.1, -0.05) is 49.1 Å². The van der Waals surface area contributed by atoms with Crippen molar-refractivity contribution < 1.29 is 14.3 Å². The molecule has 4 rings (SSSR count). The van der Waals surface area contributed by atoms with Crippen LogP contribution in [-0.4, -0.2) is 28.1 Å². The summed E-state index contributed by atoms with van der Waals surface area (Å²) >= 11 is 5.96. The van der Waals surface area contributed by atoms with Crippen LogP contribution >= 0.6 is 11.6 Å². The van der Waals surface area contributed by atoms with Crippen LogP contribution in [0.4, 0.5) is 10.2 Å². The van der Waals surface area contributed by atoms with Gasteiger partial charge < -0.3 is 16.2 Å². The first-order valence-electron chi connectivity index (χ1n) is 10.9. The molecule has 6 nitrogen and oxygen atoms in total. The maximum Gasteiger partial charge on any atom is 0.254 e. The molecule has 0 saturated heterocycles. The van der Waals surface area contributed by atoms with E-state index in [0.717, 1.165) is 31.2 Å². The number of aliphatic hydroxyl groups excluding tert-OH is 1. The van der Waals surface area contributed by atoms with E-state index >= 15 is 0 Å². The lowest BCUT2D eigenvalue weighted by Crippen LogP contribution is -2.23. The molecule has 33 heavy (non-hydrogen) atoms. The molecule has 4 N–H and O–H groups in total. The fourth-order valence-corrected chi connectivity index (χ4v) is 4.20. The molecular weight excluding hydrogens is 443 g/mol. The van der Waals surface area contributed by atoms with Crippen LogP contribution in [0, 0.1) is 5.82 Å². The Morgan fingerprint density at radius 3 is 2.64 bits per heavy atom. The number of rotatable bonds is 5. The summed E-state index contributed by atoms with van der Waals surface area (Å²) in [6.45, 7) is 0.252. The number of halogens is 2. The Bertz CT molecular complexity index is 1100. The quantitative estimate of drug-likeness (QED) is 0.481. The number of nitrogens with two attached hydrogens (primary N) is 1. The van der Waals surface area contributed by atoms with E-state index in [-0.39, 0.29) is 17.9 Å². The Kier molecular flexibility index (Phi) is 8.74. The van der Waals surface area contributed by atoms with Crippen LogP contribution in [0.1, 0.15) is 59.6 Å². The van der Waals surface area contributed by atoms with Crippen molar-refractivity contribution in [2.45, 2.75) is 44.6 Å². The Balaban J connectivity index is 0.00000149. The number of aliphatic hydroxyl groups is 1. The van der Waals surface area contributed by atoms with Crippen LogP contribution in [0.5, 0.6) is 0 Å². The minimum atomic E-state index is -0.634. The van der Waals surface area contributed by atoms with Crippen molar-refractivity contribution in [3.05, 3.63) is 76.3 Å². The molecular formula is C25H28ClFN4O2. The molecule has 1 saturated carbocycles. The summed E-state index contributed by atoms with van der Waals surface area (Å²) in [4.78, 5) is 21.5. The van der Waals surface area contributed by atoms with Crippen molar-refractivity contribution in [1.82, 2.24) is 15.3 Å². The zero-order valence-corrected chi connectivity index (χ0v) is 19.3. The monoisotopic (exact) mass is 470 g/mol. The highest BCUT2D eigenvalue weighted by atomic mass is 35.5. The molecule has 1 amide bonds. The highest BCUT2D eigenvalue weighted by Crippen LogP contribution is 2.33. The third-order valence-corrected chi connectivity index (χ3v) is 5.91. The molecule has 0 spiro atoms. The van der Waals surface area contributed by atoms with Gasteiger partial charge in [0.1, 0.15) is 17.3 Å². The van der Waals surface area contributed by atoms with E-state index in [0.29, 0.717) is 22.2 Å². The zero-order valence-electron chi connectivity index (χ0n) is 18.5. The number of nitrogens with zero attached hydrogens (tertiary/aromatic N) is 2. The molecule has 0 bridgehead atoms. The zero-order chi connectivity index (χ0) is 23.8. The third kappa shape index (κ3) is 6.27. The fourth-order valence-electron chi connectivity index (χ4n) is 3.99. The van der Waals surface area contributed by atoms with Crippen LogP contribution in [0.25, 0.3) is 11.3 Å². The predicted molar refractivity (Wildman–Crippen MR) is 128 cm³/mol. The second-order valence-electron chi connectivity index (χ2n) is 7.87. The average molecular weight is 471 g/mol. The third-order valence-electron chi connectivity index (χ3n) is 5.67. The molecule has 0 radical (unpaired) electrons. The van der Waals surface area contributed by atoms with Gasteiger partial charge in [0.2, 0.25) is 0 Å². The number of hydrogen-bond acceptors (Lipinski definition) is 5. The first-order chi connectivity index (χ1) is 16.0. The van der Waals surface area contributed by atoms with E-state index in [4.69, 9.17) is 27.4 Å². The van der Waals surface area contributed by atoms with Crippen LogP contribution in [0.2, 0.25) is 5.02 Å². The summed E-state index contributed by atoms with van der Waals surface area (Å²) in [6.07, 6.45) is 7.50. The van der Waals surface area contributed by atoms with Gasteiger partial charge in [-0.05, 0) is 42.7 Å². The molecule has 8 heteroatoms. The van der Waals surface area contributed by atoms with Crippen molar-refractivity contribution in [2.24, 2.45) is 0 Å². The molecule has 1 fully saturated rings. The number of nitrogen functional groups attached to an aromatic ring is 1. The maximum absolute atomic E-state index is 14.8. The van der Waals surface area contributed by atoms with Gasteiger partial charge >= 0.3 is 0 Å². The second kappa shape index (κ2) is 11.7. The fraction of sp³-hybridized carbons (Fsp3) is 0.320. The highest BCUT2D eigenvalue weighted by molar-refractivity contribution is 6.30. The first-order valence-corrected chi connectivity index (χ1v) is 11.3. The molecule has 1 aromatic heterocycles. The molecule has 1 heterocycles. The van der Waals surface area contributed by atoms with Gasteiger partial charge in [-0.15, -0.1) is 0 Å². The lowest BCUT2D eigenvalue weighted by atomic mass is 9.87. The van der Waals surface area contributed by atoms with E-state index in [1.807, 2.05) is 6.07 Å². The SMILES string of the molecule is CO.Nc1ncc(C2CCCCC2)nc1-c1ccc(C(=O)NCc2cccc(Cl)c2)c(F)c1. The highest BCUT2D eigenvalue weighted by Gasteiger charge is 2.20. The summed E-state index contributed by atoms with van der Waals surface area (Å²) in [7, 11) is 1.00. The first kappa shape index (κ1) is 24.6. The summed E-state index contributed by atoms with van der Waals surface area (Å²) in [5.41, 5.74) is 8.68. The van der Waals surface area contributed by atoms with E-state index < -0.39 is 11.7 Å². The van der Waals surface area contributed by atoms with Gasteiger partial charge in [0.25, 0.3) is 5.91 Å². The Morgan fingerprint density at radius 2 is 1.94 bits per heavy atom. The lowest BCUT2D eigenvalue weighted by molar-refractivity contribution is 0.0947. The van der Waals surface area contributed by atoms with Crippen molar-refractivity contribution in [2.75, 3.05) is 12.8 Å². The number of carbonyl (C=O) groups excluding carboxylic acids is 1. The number of benzene rings is 2. The second-order valence-corrected chi connectivity index (χ2v) is 8.31. The van der Waals surface area contributed by atoms with Gasteiger partial charge in [0, 0.05) is 30.2 Å². The average Bonchev–Trinajstić information content (AvgIpc) is 2.84. The van der Waals surface area contributed by atoms with Gasteiger partial charge in [-0.2, -0.15) is 0 Å². The normalized spacial score (nSPS) is 13.7. The maximum atomic E-state index is 14.8. The van der Waals surface area contributed by atoms with Gasteiger partial charge in [0.05, 0.1) is 17.5 Å². The van der Waals surface area contributed by atoms with Crippen molar-refractivity contribution in [3.63, 3.8) is 0 Å². The number of aromatic nitrogens is 2. The minimum absolute atomic E-state index is 0.0410. The van der Waals surface area contributed by atoms with Gasteiger partial charge in [-0.3, -0.25) is 4.79 Å². The van der Waals surface area contributed by atoms with Gasteiger partial charge in [-0.25, -0.2) is 14.4 Å². The molecule has 1 aliphatic carbocycles. The number of anilines is 1. The van der Waals surface area contributed by atoms with Crippen molar-refractivity contribution in [3.8, 4) is 11.3 Å². The van der Waals surface area contributed by atoms with E-state index in [2.05, 4.69) is 10.3 Å². The molecule has 3 aromatic rings. The number of nitrogens with one attached hydrogen (secondary N) is 1. The number of amides is 1. The topological polar surface area (TPSA) is 101 Å². The van der Waals surface area contributed by atoms with E-state index in [1.165, 1.54) is 31.4 Å². The molecule has 0 unspecified atom stereocenters. The molecule has 1 aliphatic rings. The summed E-state index contributed by atoms with van der Waals surface area (Å²) in [6, 6.07) is 11.5. The summed E-state index contributed by atoms with van der Waals surface area (Å²) in [5.74, 6) is -0.525. The Labute approximate surface area is 198 Å². The van der Waals surface area contributed by atoms with Crippen LogP contribution in [0.15, 0.2) is 48.7 Å². The van der Waals surface area contributed by atoms with Crippen molar-refractivity contribution >= 4 is 23.3 Å². The molecule has 174 valence electrons. The lowest BCUT2D eigenvalue weighted by Gasteiger charge is -2.21. The molecule has 0 atom stereocenters. The Morgan fingerprint density at radius 1 is 1.18 bits per heavy atom. The molecule has 0 aliphatic heterocycles. The van der Waals surface area contributed by atoms with Crippen LogP contribution < -0.4 is 11.1 Å². The Hall–Kier alpha value is -3.03. The van der Waals surface area contributed by atoms with Crippen LogP contribution in [0.3, 0.4) is 0 Å². The standard InChI is InChI=1S/C24H24ClFN4O.CH4O/c25-18-8-4-5-15(11-18)13-29-24(31)19-10-9-17(12-20(19)26)22-23(27)28-14-21(30-22)16-6-2-1-3-7-16;1-2/h4-5,8-12,14,16H,1-3,6-7,13H2,(H2,27,28)(H,29,31);2H,1H3. The van der Waals surface area contributed by atoms with Crippen LogP contribution in [-0.2, 0) is 6.54 Å². The number of carbonyl (C=O) groups is 1. The van der Waals surface area contributed by atoms with Gasteiger partial charge in [0.15, 0.2) is 0 Å². The summed E-state index contributed by atoms with van der Waals surface area (Å²) < 4.78 is 14.8.